The number of allylic oxidation sites excluding steroid dienone is 3. The van der Waals surface area contributed by atoms with E-state index in [4.69, 9.17) is 4.74 Å². The van der Waals surface area contributed by atoms with E-state index in [0.717, 1.165) is 0 Å². The number of hydrogen-bond acceptors (Lipinski definition) is 4. The molecule has 1 aliphatic heterocycles. The maximum absolute atomic E-state index is 12.1. The number of benzene rings is 1. The number of anilines is 1. The summed E-state index contributed by atoms with van der Waals surface area (Å²) < 4.78 is 5.00. The van der Waals surface area contributed by atoms with Crippen molar-refractivity contribution >= 4 is 11.6 Å². The highest BCUT2D eigenvalue weighted by Crippen LogP contribution is 2.32. The second kappa shape index (κ2) is 5.30. The molecule has 2 rings (SSSR count). The standard InChI is InChI=1S/C14H14N2O3/c1-9-5-3-4-6-15-11-8-12(17)13(19-2)7-10(11)14(18)16-9/h3-8,15,17H,1H2,2H3,(H,16,18)/b5-3-,6-4-. The van der Waals surface area contributed by atoms with Crippen molar-refractivity contribution in [3.63, 3.8) is 0 Å². The van der Waals surface area contributed by atoms with Gasteiger partial charge in [-0.25, -0.2) is 0 Å². The summed E-state index contributed by atoms with van der Waals surface area (Å²) in [5, 5.41) is 15.3. The number of phenols is 1. The normalized spacial score (nSPS) is 17.7. The largest absolute Gasteiger partial charge is 0.504 e. The molecular formula is C14H14N2O3. The number of phenolic OH excluding ortho intramolecular Hbond substituents is 1. The zero-order valence-corrected chi connectivity index (χ0v) is 10.4. The molecular weight excluding hydrogens is 244 g/mol. The fourth-order valence-electron chi connectivity index (χ4n) is 1.66. The Bertz CT molecular complexity index is 589. The molecule has 0 saturated carbocycles. The maximum atomic E-state index is 12.1. The number of hydrogen-bond donors (Lipinski definition) is 3. The van der Waals surface area contributed by atoms with E-state index in [2.05, 4.69) is 17.2 Å². The SMILES string of the molecule is C=C1/C=C\C=C/Nc2cc(O)c(OC)cc2C(=O)N1. The van der Waals surface area contributed by atoms with Crippen LogP contribution in [0.1, 0.15) is 10.4 Å². The molecule has 1 aromatic rings. The van der Waals surface area contributed by atoms with Crippen LogP contribution < -0.4 is 15.4 Å². The Balaban J connectivity index is 2.52. The number of ether oxygens (including phenoxy) is 1. The molecule has 1 heterocycles. The summed E-state index contributed by atoms with van der Waals surface area (Å²) in [7, 11) is 1.43. The monoisotopic (exact) mass is 258 g/mol. The minimum absolute atomic E-state index is 0.0404. The summed E-state index contributed by atoms with van der Waals surface area (Å²) in [5.74, 6) is -0.134. The first kappa shape index (κ1) is 12.8. The second-order valence-electron chi connectivity index (χ2n) is 3.91. The molecule has 0 atom stereocenters. The lowest BCUT2D eigenvalue weighted by atomic mass is 10.1. The van der Waals surface area contributed by atoms with Gasteiger partial charge in [0.15, 0.2) is 11.5 Å². The van der Waals surface area contributed by atoms with Gasteiger partial charge in [-0.15, -0.1) is 0 Å². The van der Waals surface area contributed by atoms with Crippen molar-refractivity contribution in [2.45, 2.75) is 0 Å². The Morgan fingerprint density at radius 3 is 2.84 bits per heavy atom. The van der Waals surface area contributed by atoms with Crippen LogP contribution in [0.25, 0.3) is 0 Å². The number of methoxy groups -OCH3 is 1. The van der Waals surface area contributed by atoms with Gasteiger partial charge in [-0.3, -0.25) is 4.79 Å². The van der Waals surface area contributed by atoms with E-state index in [1.54, 1.807) is 24.4 Å². The van der Waals surface area contributed by atoms with E-state index in [1.165, 1.54) is 19.2 Å². The molecule has 0 aromatic heterocycles. The lowest BCUT2D eigenvalue weighted by molar-refractivity contribution is 0.0968. The van der Waals surface area contributed by atoms with Crippen LogP contribution in [0.5, 0.6) is 11.5 Å². The van der Waals surface area contributed by atoms with Crippen molar-refractivity contribution in [1.82, 2.24) is 5.32 Å². The Morgan fingerprint density at radius 2 is 2.11 bits per heavy atom. The molecule has 0 unspecified atom stereocenters. The second-order valence-corrected chi connectivity index (χ2v) is 3.91. The van der Waals surface area contributed by atoms with Gasteiger partial charge in [0.2, 0.25) is 0 Å². The van der Waals surface area contributed by atoms with Gasteiger partial charge in [0.05, 0.1) is 18.4 Å². The quantitative estimate of drug-likeness (QED) is 0.721. The molecule has 0 saturated heterocycles. The van der Waals surface area contributed by atoms with Crippen molar-refractivity contribution in [2.24, 2.45) is 0 Å². The van der Waals surface area contributed by atoms with Gasteiger partial charge in [0, 0.05) is 18.0 Å². The zero-order chi connectivity index (χ0) is 13.8. The molecule has 1 aliphatic rings. The Morgan fingerprint density at radius 1 is 1.32 bits per heavy atom. The van der Waals surface area contributed by atoms with Gasteiger partial charge >= 0.3 is 0 Å². The predicted molar refractivity (Wildman–Crippen MR) is 73.2 cm³/mol. The van der Waals surface area contributed by atoms with Gasteiger partial charge < -0.3 is 20.5 Å². The van der Waals surface area contributed by atoms with Crippen LogP contribution in [-0.4, -0.2) is 18.1 Å². The molecule has 3 N–H and O–H groups in total. The highest BCUT2D eigenvalue weighted by Gasteiger charge is 2.16. The van der Waals surface area contributed by atoms with Crippen molar-refractivity contribution in [2.75, 3.05) is 12.4 Å². The highest BCUT2D eigenvalue weighted by molar-refractivity contribution is 6.01. The third-order valence-electron chi connectivity index (χ3n) is 2.58. The molecule has 5 nitrogen and oxygen atoms in total. The summed E-state index contributed by atoms with van der Waals surface area (Å²) >= 11 is 0. The minimum Gasteiger partial charge on any atom is -0.504 e. The van der Waals surface area contributed by atoms with E-state index < -0.39 is 0 Å². The zero-order valence-electron chi connectivity index (χ0n) is 10.4. The van der Waals surface area contributed by atoms with Crippen molar-refractivity contribution in [3.05, 3.63) is 54.4 Å². The Kier molecular flexibility index (Phi) is 3.56. The Labute approximate surface area is 110 Å². The Hall–Kier alpha value is -2.69. The van der Waals surface area contributed by atoms with E-state index in [0.29, 0.717) is 16.9 Å². The fourth-order valence-corrected chi connectivity index (χ4v) is 1.66. The first-order valence-electron chi connectivity index (χ1n) is 5.63. The van der Waals surface area contributed by atoms with Gasteiger partial charge in [-0.2, -0.15) is 0 Å². The first-order chi connectivity index (χ1) is 9.11. The summed E-state index contributed by atoms with van der Waals surface area (Å²) in [6.07, 6.45) is 6.84. The number of carbonyl (C=O) groups excluding carboxylic acids is 1. The summed E-state index contributed by atoms with van der Waals surface area (Å²) in [4.78, 5) is 12.1. The summed E-state index contributed by atoms with van der Waals surface area (Å²) in [6, 6.07) is 2.91. The highest BCUT2D eigenvalue weighted by atomic mass is 16.5. The number of carbonyl (C=O) groups is 1. The minimum atomic E-state index is -0.328. The van der Waals surface area contributed by atoms with Crippen molar-refractivity contribution < 1.29 is 14.6 Å². The van der Waals surface area contributed by atoms with Crippen LogP contribution in [0.2, 0.25) is 0 Å². The van der Waals surface area contributed by atoms with E-state index >= 15 is 0 Å². The van der Waals surface area contributed by atoms with Crippen LogP contribution in [0.4, 0.5) is 5.69 Å². The molecule has 5 heteroatoms. The maximum Gasteiger partial charge on any atom is 0.257 e. The number of aromatic hydroxyl groups is 1. The molecule has 98 valence electrons. The van der Waals surface area contributed by atoms with E-state index in [1.807, 2.05) is 0 Å². The first-order valence-corrected chi connectivity index (χ1v) is 5.63. The van der Waals surface area contributed by atoms with Crippen LogP contribution in [0, 0.1) is 0 Å². The third-order valence-corrected chi connectivity index (χ3v) is 2.58. The molecule has 1 aromatic carbocycles. The molecule has 0 radical (unpaired) electrons. The van der Waals surface area contributed by atoms with Gasteiger partial charge in [-0.05, 0) is 18.2 Å². The molecule has 1 amide bonds. The van der Waals surface area contributed by atoms with Gasteiger partial charge in [0.1, 0.15) is 0 Å². The van der Waals surface area contributed by atoms with Crippen LogP contribution >= 0.6 is 0 Å². The van der Waals surface area contributed by atoms with Crippen LogP contribution in [-0.2, 0) is 0 Å². The number of amides is 1. The topological polar surface area (TPSA) is 70.6 Å². The van der Waals surface area contributed by atoms with Crippen LogP contribution in [0.15, 0.2) is 48.8 Å². The number of rotatable bonds is 1. The fraction of sp³-hybridized carbons (Fsp3) is 0.0714. The molecule has 0 aliphatic carbocycles. The molecule has 19 heavy (non-hydrogen) atoms. The van der Waals surface area contributed by atoms with Crippen LogP contribution in [0.3, 0.4) is 0 Å². The van der Waals surface area contributed by atoms with Gasteiger partial charge in [0.25, 0.3) is 5.91 Å². The smallest absolute Gasteiger partial charge is 0.257 e. The van der Waals surface area contributed by atoms with E-state index in [9.17, 15) is 9.90 Å². The average Bonchev–Trinajstić information content (AvgIpc) is 2.37. The van der Waals surface area contributed by atoms with Crippen molar-refractivity contribution in [3.8, 4) is 11.5 Å². The van der Waals surface area contributed by atoms with Crippen molar-refractivity contribution in [1.29, 1.82) is 0 Å². The predicted octanol–water partition coefficient (Wildman–Crippen LogP) is 2.14. The summed E-state index contributed by atoms with van der Waals surface area (Å²) in [5.41, 5.74) is 1.32. The summed E-state index contributed by atoms with van der Waals surface area (Å²) in [6.45, 7) is 3.72. The molecule has 0 fully saturated rings. The molecule has 0 bridgehead atoms. The van der Waals surface area contributed by atoms with Gasteiger partial charge in [-0.1, -0.05) is 12.7 Å². The lowest BCUT2D eigenvalue weighted by Crippen LogP contribution is -2.22. The molecule has 0 spiro atoms. The lowest BCUT2D eigenvalue weighted by Gasteiger charge is -2.14. The number of nitrogens with one attached hydrogen (secondary N) is 2. The average molecular weight is 258 g/mol. The van der Waals surface area contributed by atoms with E-state index in [-0.39, 0.29) is 17.4 Å². The number of fused-ring (bicyclic) bond motifs is 1. The third kappa shape index (κ3) is 2.77.